The molecule has 0 fully saturated rings. The average molecular weight is 275 g/mol. The molecule has 0 aliphatic rings. The van der Waals surface area contributed by atoms with Crippen molar-refractivity contribution in [2.24, 2.45) is 0 Å². The summed E-state index contributed by atoms with van der Waals surface area (Å²) < 4.78 is 1.19. The number of thioether (sulfide) groups is 1. The summed E-state index contributed by atoms with van der Waals surface area (Å²) in [4.78, 5) is 3.60. The van der Waals surface area contributed by atoms with Crippen LogP contribution < -0.4 is 0 Å². The molecule has 0 atom stereocenters. The number of thiophene rings is 1. The lowest BCUT2D eigenvalue weighted by atomic mass is 10.3. The largest absolute Gasteiger partial charge is 0.127 e. The summed E-state index contributed by atoms with van der Waals surface area (Å²) in [6.07, 6.45) is 1.90. The maximum Gasteiger partial charge on any atom is 0.0745 e. The van der Waals surface area contributed by atoms with E-state index < -0.39 is 0 Å². The van der Waals surface area contributed by atoms with Crippen molar-refractivity contribution < 1.29 is 0 Å². The molecule has 0 spiro atoms. The van der Waals surface area contributed by atoms with E-state index in [0.717, 1.165) is 4.91 Å². The van der Waals surface area contributed by atoms with Crippen LogP contribution in [0.15, 0.2) is 26.7 Å². The third-order valence-electron chi connectivity index (χ3n) is 1.52. The molecule has 0 radical (unpaired) electrons. The van der Waals surface area contributed by atoms with Crippen LogP contribution >= 0.6 is 39.0 Å². The van der Waals surface area contributed by atoms with Gasteiger partial charge in [0.05, 0.1) is 3.79 Å². The molecule has 0 saturated carbocycles. The first-order chi connectivity index (χ1) is 6.06. The fourth-order valence-electron chi connectivity index (χ4n) is 0.929. The third kappa shape index (κ3) is 2.48. The van der Waals surface area contributed by atoms with Crippen molar-refractivity contribution in [1.29, 1.82) is 0 Å². The molecule has 0 N–H and O–H groups in total. The SMILES string of the molecule is C=Cc1sc(Br)c(C)c1SC(=C)C. The first kappa shape index (κ1) is 11.1. The van der Waals surface area contributed by atoms with E-state index in [0.29, 0.717) is 0 Å². The van der Waals surface area contributed by atoms with Gasteiger partial charge in [-0.05, 0) is 40.2 Å². The van der Waals surface area contributed by atoms with Gasteiger partial charge in [0.15, 0.2) is 0 Å². The topological polar surface area (TPSA) is 0 Å². The van der Waals surface area contributed by atoms with Crippen molar-refractivity contribution in [3.8, 4) is 0 Å². The summed E-state index contributed by atoms with van der Waals surface area (Å²) in [5.41, 5.74) is 1.29. The Labute approximate surface area is 95.9 Å². The second-order valence-electron chi connectivity index (χ2n) is 2.70. The van der Waals surface area contributed by atoms with Gasteiger partial charge in [-0.15, -0.1) is 11.3 Å². The van der Waals surface area contributed by atoms with Crippen LogP contribution in [0.5, 0.6) is 0 Å². The van der Waals surface area contributed by atoms with E-state index in [1.54, 1.807) is 23.1 Å². The van der Waals surface area contributed by atoms with E-state index in [2.05, 4.69) is 36.0 Å². The van der Waals surface area contributed by atoms with E-state index in [4.69, 9.17) is 0 Å². The van der Waals surface area contributed by atoms with Gasteiger partial charge in [0, 0.05) is 9.77 Å². The second kappa shape index (κ2) is 4.49. The monoisotopic (exact) mass is 274 g/mol. The van der Waals surface area contributed by atoms with Crippen LogP contribution in [0.4, 0.5) is 0 Å². The number of rotatable bonds is 3. The molecule has 13 heavy (non-hydrogen) atoms. The van der Waals surface area contributed by atoms with E-state index in [1.165, 1.54) is 19.1 Å². The zero-order valence-corrected chi connectivity index (χ0v) is 10.9. The fourth-order valence-corrected chi connectivity index (χ4v) is 3.66. The lowest BCUT2D eigenvalue weighted by Crippen LogP contribution is -1.74. The highest BCUT2D eigenvalue weighted by atomic mass is 79.9. The summed E-state index contributed by atoms with van der Waals surface area (Å²) in [7, 11) is 0. The molecule has 1 heterocycles. The van der Waals surface area contributed by atoms with Gasteiger partial charge in [-0.2, -0.15) is 0 Å². The van der Waals surface area contributed by atoms with Crippen molar-refractivity contribution in [2.75, 3.05) is 0 Å². The van der Waals surface area contributed by atoms with Gasteiger partial charge >= 0.3 is 0 Å². The minimum Gasteiger partial charge on any atom is -0.127 e. The minimum atomic E-state index is 1.11. The lowest BCUT2D eigenvalue weighted by molar-refractivity contribution is 1.35. The van der Waals surface area contributed by atoms with Crippen LogP contribution in [-0.4, -0.2) is 0 Å². The molecule has 0 aromatic carbocycles. The second-order valence-corrected chi connectivity index (χ2v) is 6.38. The molecule has 0 aliphatic carbocycles. The quantitative estimate of drug-likeness (QED) is 0.692. The van der Waals surface area contributed by atoms with Gasteiger partial charge in [0.1, 0.15) is 0 Å². The van der Waals surface area contributed by atoms with Crippen LogP contribution in [-0.2, 0) is 0 Å². The molecule has 0 amide bonds. The van der Waals surface area contributed by atoms with Crippen LogP contribution in [0.2, 0.25) is 0 Å². The van der Waals surface area contributed by atoms with Crippen LogP contribution in [0.3, 0.4) is 0 Å². The van der Waals surface area contributed by atoms with Crippen LogP contribution in [0, 0.1) is 6.92 Å². The number of halogens is 1. The molecule has 1 rings (SSSR count). The number of allylic oxidation sites excluding steroid dienone is 1. The van der Waals surface area contributed by atoms with Crippen LogP contribution in [0.25, 0.3) is 6.08 Å². The molecular weight excluding hydrogens is 264 g/mol. The Balaban J connectivity index is 3.15. The Kier molecular flexibility index (Phi) is 3.83. The zero-order chi connectivity index (χ0) is 10.0. The third-order valence-corrected chi connectivity index (χ3v) is 4.88. The minimum absolute atomic E-state index is 1.11. The molecule has 1 aromatic rings. The maximum atomic E-state index is 3.89. The van der Waals surface area contributed by atoms with E-state index in [1.807, 2.05) is 13.0 Å². The smallest absolute Gasteiger partial charge is 0.0745 e. The van der Waals surface area contributed by atoms with Gasteiger partial charge in [-0.25, -0.2) is 0 Å². The Morgan fingerprint density at radius 3 is 2.69 bits per heavy atom. The summed E-state index contributed by atoms with van der Waals surface area (Å²) in [6.45, 7) is 11.8. The highest BCUT2D eigenvalue weighted by molar-refractivity contribution is 9.11. The van der Waals surface area contributed by atoms with Gasteiger partial charge in [-0.1, -0.05) is 31.0 Å². The van der Waals surface area contributed by atoms with Crippen molar-refractivity contribution in [2.45, 2.75) is 18.7 Å². The zero-order valence-electron chi connectivity index (χ0n) is 7.69. The lowest BCUT2D eigenvalue weighted by Gasteiger charge is -2.00. The van der Waals surface area contributed by atoms with Crippen LogP contribution in [0.1, 0.15) is 17.4 Å². The molecule has 3 heteroatoms. The standard InChI is InChI=1S/C10H11BrS2/c1-5-8-9(12-6(2)3)7(4)10(11)13-8/h5H,1-2H2,3-4H3. The summed E-state index contributed by atoms with van der Waals surface area (Å²) >= 11 is 6.96. The predicted octanol–water partition coefficient (Wildman–Crippen LogP) is 5.09. The van der Waals surface area contributed by atoms with Gasteiger partial charge < -0.3 is 0 Å². The molecule has 1 aromatic heterocycles. The van der Waals surface area contributed by atoms with E-state index >= 15 is 0 Å². The van der Waals surface area contributed by atoms with Gasteiger partial charge in [0.25, 0.3) is 0 Å². The van der Waals surface area contributed by atoms with Crippen molar-refractivity contribution >= 4 is 45.1 Å². The fraction of sp³-hybridized carbons (Fsp3) is 0.200. The highest BCUT2D eigenvalue weighted by Crippen LogP contribution is 2.41. The molecule has 0 bridgehead atoms. The molecule has 0 unspecified atom stereocenters. The average Bonchev–Trinajstić information content (AvgIpc) is 2.31. The van der Waals surface area contributed by atoms with Crippen molar-refractivity contribution in [1.82, 2.24) is 0 Å². The molecular formula is C10H11BrS2. The maximum absolute atomic E-state index is 3.89. The number of hydrogen-bond acceptors (Lipinski definition) is 2. The first-order valence-electron chi connectivity index (χ1n) is 3.81. The summed E-state index contributed by atoms with van der Waals surface area (Å²) in [5, 5.41) is 0. The van der Waals surface area contributed by atoms with Gasteiger partial charge in [-0.3, -0.25) is 0 Å². The molecule has 0 aliphatic heterocycles. The Morgan fingerprint density at radius 2 is 2.23 bits per heavy atom. The first-order valence-corrected chi connectivity index (χ1v) is 6.23. The normalized spacial score (nSPS) is 10.1. The van der Waals surface area contributed by atoms with Crippen molar-refractivity contribution in [3.05, 3.63) is 32.3 Å². The van der Waals surface area contributed by atoms with Gasteiger partial charge in [0.2, 0.25) is 0 Å². The molecule has 0 saturated heterocycles. The number of hydrogen-bond donors (Lipinski definition) is 0. The Morgan fingerprint density at radius 1 is 1.62 bits per heavy atom. The van der Waals surface area contributed by atoms with Crippen molar-refractivity contribution in [3.63, 3.8) is 0 Å². The molecule has 0 nitrogen and oxygen atoms in total. The highest BCUT2D eigenvalue weighted by Gasteiger charge is 2.11. The Hall–Kier alpha value is 0.01000. The van der Waals surface area contributed by atoms with E-state index in [-0.39, 0.29) is 0 Å². The molecule has 70 valence electrons. The summed E-state index contributed by atoms with van der Waals surface area (Å²) in [6, 6.07) is 0. The Bertz CT molecular complexity index is 350. The predicted molar refractivity (Wildman–Crippen MR) is 67.5 cm³/mol. The van der Waals surface area contributed by atoms with E-state index in [9.17, 15) is 0 Å². The summed E-state index contributed by atoms with van der Waals surface area (Å²) in [5.74, 6) is 0.